The van der Waals surface area contributed by atoms with Crippen LogP contribution in [0.3, 0.4) is 0 Å². The first-order chi connectivity index (χ1) is 8.93. The van der Waals surface area contributed by atoms with Gasteiger partial charge in [-0.15, -0.1) is 0 Å². The van der Waals surface area contributed by atoms with Gasteiger partial charge in [-0.05, 0) is 51.5 Å². The minimum atomic E-state index is -3.10. The van der Waals surface area contributed by atoms with E-state index in [1.54, 1.807) is 0 Å². The molecule has 1 fully saturated rings. The maximum atomic E-state index is 11.9. The lowest BCUT2D eigenvalue weighted by Crippen LogP contribution is -2.35. The molecule has 0 aromatic carbocycles. The van der Waals surface area contributed by atoms with Gasteiger partial charge in [-0.3, -0.25) is 0 Å². The Morgan fingerprint density at radius 1 is 1.21 bits per heavy atom. The zero-order valence-corrected chi connectivity index (χ0v) is 13.4. The zero-order chi connectivity index (χ0) is 14.3. The van der Waals surface area contributed by atoms with E-state index in [0.717, 1.165) is 32.2 Å². The molecule has 0 amide bonds. The lowest BCUT2D eigenvalue weighted by molar-refractivity contribution is 0.445. The molecule has 0 bridgehead atoms. The van der Waals surface area contributed by atoms with Gasteiger partial charge in [0.1, 0.15) is 0 Å². The van der Waals surface area contributed by atoms with Crippen molar-refractivity contribution in [1.29, 1.82) is 0 Å². The largest absolute Gasteiger partial charge is 0.314 e. The third kappa shape index (κ3) is 8.60. The van der Waals surface area contributed by atoms with Crippen molar-refractivity contribution in [1.82, 2.24) is 10.0 Å². The quantitative estimate of drug-likeness (QED) is 0.574. The van der Waals surface area contributed by atoms with Crippen molar-refractivity contribution in [3.8, 4) is 0 Å². The molecule has 0 aromatic heterocycles. The molecular formula is C14H30N2O2S. The molecule has 114 valence electrons. The summed E-state index contributed by atoms with van der Waals surface area (Å²) in [5, 5.41) is 3.40. The average molecular weight is 290 g/mol. The fourth-order valence-electron chi connectivity index (χ4n) is 2.19. The molecule has 4 nitrogen and oxygen atoms in total. The van der Waals surface area contributed by atoms with Crippen molar-refractivity contribution < 1.29 is 8.42 Å². The van der Waals surface area contributed by atoms with Crippen molar-refractivity contribution in [2.75, 3.05) is 12.3 Å². The van der Waals surface area contributed by atoms with Crippen molar-refractivity contribution in [2.24, 2.45) is 5.92 Å². The summed E-state index contributed by atoms with van der Waals surface area (Å²) >= 11 is 0. The second kappa shape index (κ2) is 8.22. The molecule has 0 heterocycles. The summed E-state index contributed by atoms with van der Waals surface area (Å²) in [7, 11) is -3.10. The Balaban J connectivity index is 2.11. The van der Waals surface area contributed by atoms with Crippen LogP contribution in [0.15, 0.2) is 0 Å². The molecular weight excluding hydrogens is 260 g/mol. The number of hydrogen-bond acceptors (Lipinski definition) is 3. The fourth-order valence-corrected chi connectivity index (χ4v) is 3.61. The van der Waals surface area contributed by atoms with E-state index in [9.17, 15) is 8.42 Å². The van der Waals surface area contributed by atoms with Gasteiger partial charge in [0.25, 0.3) is 0 Å². The third-order valence-electron chi connectivity index (χ3n) is 3.68. The van der Waals surface area contributed by atoms with Crippen LogP contribution in [0.25, 0.3) is 0 Å². The summed E-state index contributed by atoms with van der Waals surface area (Å²) in [5.74, 6) is 0.824. The summed E-state index contributed by atoms with van der Waals surface area (Å²) in [5.41, 5.74) is 0. The monoisotopic (exact) mass is 290 g/mol. The lowest BCUT2D eigenvalue weighted by atomic mass is 10.0. The Morgan fingerprint density at radius 3 is 2.47 bits per heavy atom. The van der Waals surface area contributed by atoms with Crippen LogP contribution < -0.4 is 10.0 Å². The van der Waals surface area contributed by atoms with Gasteiger partial charge in [0, 0.05) is 12.1 Å². The second-order valence-electron chi connectivity index (χ2n) is 6.02. The summed E-state index contributed by atoms with van der Waals surface area (Å²) in [6.07, 6.45) is 6.26. The van der Waals surface area contributed by atoms with Crippen molar-refractivity contribution in [3.05, 3.63) is 0 Å². The Morgan fingerprint density at radius 2 is 1.89 bits per heavy atom. The van der Waals surface area contributed by atoms with E-state index in [2.05, 4.69) is 23.9 Å². The third-order valence-corrected chi connectivity index (χ3v) is 5.27. The van der Waals surface area contributed by atoms with E-state index in [0.29, 0.717) is 12.0 Å². The lowest BCUT2D eigenvalue weighted by Gasteiger charge is -2.17. The molecule has 0 spiro atoms. The molecule has 0 aromatic rings. The molecule has 0 radical (unpaired) electrons. The molecule has 1 aliphatic rings. The van der Waals surface area contributed by atoms with Crippen LogP contribution >= 0.6 is 0 Å². The summed E-state index contributed by atoms with van der Waals surface area (Å²) in [6.45, 7) is 7.20. The van der Waals surface area contributed by atoms with Crippen molar-refractivity contribution in [3.63, 3.8) is 0 Å². The maximum Gasteiger partial charge on any atom is 0.211 e. The highest BCUT2D eigenvalue weighted by Gasteiger charge is 2.20. The van der Waals surface area contributed by atoms with Gasteiger partial charge in [0.05, 0.1) is 5.75 Å². The highest BCUT2D eigenvalue weighted by atomic mass is 32.2. The molecule has 2 atom stereocenters. The second-order valence-corrected chi connectivity index (χ2v) is 7.90. The zero-order valence-electron chi connectivity index (χ0n) is 12.6. The molecule has 0 aliphatic heterocycles. The topological polar surface area (TPSA) is 58.2 Å². The predicted octanol–water partition coefficient (Wildman–Crippen LogP) is 2.26. The number of unbranched alkanes of at least 4 members (excludes halogenated alkanes) is 1. The number of hydrogen-bond donors (Lipinski definition) is 2. The number of rotatable bonds is 11. The maximum absolute atomic E-state index is 11.9. The highest BCUT2D eigenvalue weighted by molar-refractivity contribution is 7.89. The fraction of sp³-hybridized carbons (Fsp3) is 1.00. The Kier molecular flexibility index (Phi) is 7.32. The van der Waals surface area contributed by atoms with Crippen LogP contribution in [0.5, 0.6) is 0 Å². The van der Waals surface area contributed by atoms with Gasteiger partial charge in [0.15, 0.2) is 0 Å². The summed E-state index contributed by atoms with van der Waals surface area (Å²) in [6, 6.07) is 0.759. The predicted molar refractivity (Wildman–Crippen MR) is 80.7 cm³/mol. The molecule has 19 heavy (non-hydrogen) atoms. The molecule has 1 saturated carbocycles. The Hall–Kier alpha value is -0.130. The summed E-state index contributed by atoms with van der Waals surface area (Å²) < 4.78 is 26.6. The molecule has 1 rings (SSSR count). The smallest absolute Gasteiger partial charge is 0.211 e. The Bertz CT molecular complexity index is 339. The number of nitrogens with one attached hydrogen (secondary N) is 2. The molecule has 5 heteroatoms. The minimum Gasteiger partial charge on any atom is -0.314 e. The van der Waals surface area contributed by atoms with Crippen LogP contribution in [0, 0.1) is 5.92 Å². The normalized spacial score (nSPS) is 19.3. The van der Waals surface area contributed by atoms with E-state index < -0.39 is 10.0 Å². The van der Waals surface area contributed by atoms with Crippen LogP contribution in [0.1, 0.15) is 59.3 Å². The standard InChI is InChI=1S/C14H30N2O2S/c1-4-12(2)11-13(3)16-19(17,18)10-6-5-9-15-14-7-8-14/h12-16H,4-11H2,1-3H3. The van der Waals surface area contributed by atoms with Gasteiger partial charge in [-0.1, -0.05) is 20.3 Å². The van der Waals surface area contributed by atoms with Crippen LogP contribution in [0.4, 0.5) is 0 Å². The molecule has 1 aliphatic carbocycles. The first kappa shape index (κ1) is 16.9. The van der Waals surface area contributed by atoms with Crippen LogP contribution in [-0.4, -0.2) is 32.8 Å². The van der Waals surface area contributed by atoms with E-state index in [1.165, 1.54) is 12.8 Å². The van der Waals surface area contributed by atoms with Gasteiger partial charge >= 0.3 is 0 Å². The average Bonchev–Trinajstić information content (AvgIpc) is 3.11. The van der Waals surface area contributed by atoms with Gasteiger partial charge in [0.2, 0.25) is 10.0 Å². The molecule has 2 unspecified atom stereocenters. The van der Waals surface area contributed by atoms with Gasteiger partial charge in [-0.25, -0.2) is 13.1 Å². The van der Waals surface area contributed by atoms with Crippen LogP contribution in [0.2, 0.25) is 0 Å². The molecule has 2 N–H and O–H groups in total. The Labute approximate surface area is 118 Å². The minimum absolute atomic E-state index is 0.0459. The first-order valence-electron chi connectivity index (χ1n) is 7.66. The van der Waals surface area contributed by atoms with Crippen molar-refractivity contribution in [2.45, 2.75) is 71.4 Å². The highest BCUT2D eigenvalue weighted by Crippen LogP contribution is 2.18. The SMILES string of the molecule is CCC(C)CC(C)NS(=O)(=O)CCCCNC1CC1. The van der Waals surface area contributed by atoms with E-state index in [4.69, 9.17) is 0 Å². The van der Waals surface area contributed by atoms with E-state index in [1.807, 2.05) is 6.92 Å². The summed E-state index contributed by atoms with van der Waals surface area (Å²) in [4.78, 5) is 0. The van der Waals surface area contributed by atoms with E-state index in [-0.39, 0.29) is 11.8 Å². The van der Waals surface area contributed by atoms with Gasteiger partial charge < -0.3 is 5.32 Å². The van der Waals surface area contributed by atoms with E-state index >= 15 is 0 Å². The van der Waals surface area contributed by atoms with Crippen LogP contribution in [-0.2, 0) is 10.0 Å². The number of sulfonamides is 1. The van der Waals surface area contributed by atoms with Crippen molar-refractivity contribution >= 4 is 10.0 Å². The molecule has 0 saturated heterocycles. The van der Waals surface area contributed by atoms with Gasteiger partial charge in [-0.2, -0.15) is 0 Å². The first-order valence-corrected chi connectivity index (χ1v) is 9.31.